The van der Waals surface area contributed by atoms with Crippen molar-refractivity contribution >= 4 is 13.7 Å². The van der Waals surface area contributed by atoms with Crippen LogP contribution in [0.1, 0.15) is 450 Å². The number of amides is 1. The largest absolute Gasteiger partial charge is 0.472 e. The quantitative estimate of drug-likeness (QED) is 0.0243. The van der Waals surface area contributed by atoms with Gasteiger partial charge in [0.05, 0.1) is 39.9 Å². The van der Waals surface area contributed by atoms with E-state index in [9.17, 15) is 19.4 Å². The number of nitrogens with zero attached hydrogens (tertiary/aromatic N) is 1. The predicted molar refractivity (Wildman–Crippen MR) is 406 cm³/mol. The lowest BCUT2D eigenvalue weighted by Crippen LogP contribution is -2.45. The number of unbranched alkanes of at least 4 members (excludes halogenated alkanes) is 64. The molecule has 0 aromatic carbocycles. The topological polar surface area (TPSA) is 105 Å². The number of allylic oxidation sites excluding steroid dienone is 3. The van der Waals surface area contributed by atoms with Gasteiger partial charge in [-0.25, -0.2) is 4.57 Å². The monoisotopic (exact) mass is 1320 g/mol. The molecular formula is C83H166N2O6P+. The minimum atomic E-state index is -4.36. The fraction of sp³-hybridized carbons (Fsp3) is 0.940. The molecule has 0 aromatic rings. The highest BCUT2D eigenvalue weighted by molar-refractivity contribution is 7.47. The maximum atomic E-state index is 13.1. The number of aliphatic hydroxyl groups excluding tert-OH is 1. The van der Waals surface area contributed by atoms with Crippen LogP contribution in [-0.4, -0.2) is 73.4 Å². The molecule has 0 rings (SSSR count). The third-order valence-corrected chi connectivity index (χ3v) is 20.7. The Kier molecular flexibility index (Phi) is 73.4. The van der Waals surface area contributed by atoms with Gasteiger partial charge in [0.1, 0.15) is 13.2 Å². The summed E-state index contributed by atoms with van der Waals surface area (Å²) in [5, 5.41) is 14.0. The van der Waals surface area contributed by atoms with Gasteiger partial charge in [-0.2, -0.15) is 0 Å². The summed E-state index contributed by atoms with van der Waals surface area (Å²) in [7, 11) is 1.58. The van der Waals surface area contributed by atoms with Crippen molar-refractivity contribution in [3.8, 4) is 0 Å². The van der Waals surface area contributed by atoms with Gasteiger partial charge in [-0.1, -0.05) is 436 Å². The van der Waals surface area contributed by atoms with Gasteiger partial charge >= 0.3 is 7.82 Å². The molecule has 0 fully saturated rings. The van der Waals surface area contributed by atoms with Crippen LogP contribution in [0.4, 0.5) is 0 Å². The van der Waals surface area contributed by atoms with Crippen LogP contribution in [0.25, 0.3) is 0 Å². The molecule has 0 radical (unpaired) electrons. The molecule has 548 valence electrons. The minimum absolute atomic E-state index is 0.0593. The average molecular weight is 1320 g/mol. The zero-order valence-corrected chi connectivity index (χ0v) is 64.0. The molecule has 3 unspecified atom stereocenters. The zero-order valence-electron chi connectivity index (χ0n) is 63.1. The van der Waals surface area contributed by atoms with E-state index in [2.05, 4.69) is 31.3 Å². The van der Waals surface area contributed by atoms with Crippen LogP contribution in [0.3, 0.4) is 0 Å². The summed E-state index contributed by atoms with van der Waals surface area (Å²) in [6.45, 7) is 4.88. The number of carbonyl (C=O) groups is 1. The van der Waals surface area contributed by atoms with E-state index in [1.807, 2.05) is 27.2 Å². The number of phosphoric ester groups is 1. The molecule has 0 heterocycles. The van der Waals surface area contributed by atoms with Crippen molar-refractivity contribution in [3.63, 3.8) is 0 Å². The van der Waals surface area contributed by atoms with E-state index in [4.69, 9.17) is 9.05 Å². The Balaban J connectivity index is 3.92. The van der Waals surface area contributed by atoms with Gasteiger partial charge in [0.25, 0.3) is 0 Å². The van der Waals surface area contributed by atoms with Crippen LogP contribution < -0.4 is 5.32 Å². The number of hydrogen-bond donors (Lipinski definition) is 3. The number of carbonyl (C=O) groups excluding carboxylic acids is 1. The molecule has 0 aliphatic rings. The minimum Gasteiger partial charge on any atom is -0.387 e. The lowest BCUT2D eigenvalue weighted by Gasteiger charge is -2.25. The number of phosphoric acid groups is 1. The Morgan fingerprint density at radius 2 is 0.598 bits per heavy atom. The number of likely N-dealkylation sites (N-methyl/N-ethyl adjacent to an activating group) is 1. The molecule has 0 spiro atoms. The van der Waals surface area contributed by atoms with Gasteiger partial charge in [-0.15, -0.1) is 0 Å². The molecule has 0 saturated carbocycles. The third-order valence-electron chi connectivity index (χ3n) is 19.7. The second-order valence-electron chi connectivity index (χ2n) is 30.2. The van der Waals surface area contributed by atoms with Crippen molar-refractivity contribution < 1.29 is 32.9 Å². The first kappa shape index (κ1) is 91.0. The molecule has 0 aliphatic heterocycles. The molecule has 9 heteroatoms. The fourth-order valence-corrected chi connectivity index (χ4v) is 14.0. The van der Waals surface area contributed by atoms with Crippen molar-refractivity contribution in [3.05, 3.63) is 24.3 Å². The maximum Gasteiger partial charge on any atom is 0.472 e. The average Bonchev–Trinajstić information content (AvgIpc) is 3.24. The zero-order chi connectivity index (χ0) is 66.9. The summed E-state index contributed by atoms with van der Waals surface area (Å²) in [6.07, 6.45) is 99.8. The van der Waals surface area contributed by atoms with E-state index >= 15 is 0 Å². The van der Waals surface area contributed by atoms with E-state index in [0.29, 0.717) is 17.4 Å². The number of aliphatic hydroxyl groups is 1. The molecule has 0 aliphatic carbocycles. The summed E-state index contributed by atoms with van der Waals surface area (Å²) >= 11 is 0. The molecule has 1 amide bonds. The van der Waals surface area contributed by atoms with Crippen molar-refractivity contribution in [2.24, 2.45) is 0 Å². The van der Waals surface area contributed by atoms with E-state index < -0.39 is 20.0 Å². The van der Waals surface area contributed by atoms with Crippen molar-refractivity contribution in [2.75, 3.05) is 40.9 Å². The Hall–Kier alpha value is -1.02. The lowest BCUT2D eigenvalue weighted by atomic mass is 10.0. The molecule has 3 atom stereocenters. The number of nitrogens with one attached hydrogen (secondary N) is 1. The highest BCUT2D eigenvalue weighted by atomic mass is 31.2. The molecule has 0 aromatic heterocycles. The van der Waals surface area contributed by atoms with Gasteiger partial charge in [0.2, 0.25) is 5.91 Å². The van der Waals surface area contributed by atoms with Gasteiger partial charge in [0, 0.05) is 6.42 Å². The van der Waals surface area contributed by atoms with Crippen LogP contribution in [0.15, 0.2) is 24.3 Å². The normalized spacial score (nSPS) is 13.5. The number of rotatable bonds is 79. The van der Waals surface area contributed by atoms with Crippen molar-refractivity contribution in [1.82, 2.24) is 5.32 Å². The molecule has 0 saturated heterocycles. The second-order valence-corrected chi connectivity index (χ2v) is 31.7. The Morgan fingerprint density at radius 1 is 0.359 bits per heavy atom. The summed E-state index contributed by atoms with van der Waals surface area (Å²) in [5.74, 6) is -0.176. The molecular weight excluding hydrogens is 1150 g/mol. The van der Waals surface area contributed by atoms with Crippen LogP contribution >= 0.6 is 7.82 Å². The van der Waals surface area contributed by atoms with Crippen LogP contribution in [-0.2, 0) is 18.4 Å². The van der Waals surface area contributed by atoms with Crippen molar-refractivity contribution in [2.45, 2.75) is 463 Å². The molecule has 3 N–H and O–H groups in total. The first-order valence-electron chi connectivity index (χ1n) is 41.7. The first-order valence-corrected chi connectivity index (χ1v) is 43.2. The Bertz CT molecular complexity index is 1550. The smallest absolute Gasteiger partial charge is 0.387 e. The molecule has 8 nitrogen and oxygen atoms in total. The summed E-state index contributed by atoms with van der Waals surface area (Å²) in [4.78, 5) is 23.5. The maximum absolute atomic E-state index is 13.1. The highest BCUT2D eigenvalue weighted by Crippen LogP contribution is 2.43. The highest BCUT2D eigenvalue weighted by Gasteiger charge is 2.28. The predicted octanol–water partition coefficient (Wildman–Crippen LogP) is 27.4. The van der Waals surface area contributed by atoms with E-state index in [0.717, 1.165) is 38.5 Å². The number of hydrogen-bond acceptors (Lipinski definition) is 5. The summed E-state index contributed by atoms with van der Waals surface area (Å²) in [6, 6.07) is -0.863. The summed E-state index contributed by atoms with van der Waals surface area (Å²) in [5.41, 5.74) is 0. The molecule has 0 bridgehead atoms. The van der Waals surface area contributed by atoms with Gasteiger partial charge < -0.3 is 19.8 Å². The Morgan fingerprint density at radius 3 is 0.870 bits per heavy atom. The van der Waals surface area contributed by atoms with Gasteiger partial charge in [0.15, 0.2) is 0 Å². The van der Waals surface area contributed by atoms with E-state index in [1.54, 1.807) is 6.08 Å². The van der Waals surface area contributed by atoms with Gasteiger partial charge in [-0.3, -0.25) is 13.8 Å². The van der Waals surface area contributed by atoms with E-state index in [1.165, 1.54) is 392 Å². The number of quaternary nitrogens is 1. The first-order chi connectivity index (χ1) is 45.0. The van der Waals surface area contributed by atoms with Crippen molar-refractivity contribution in [1.29, 1.82) is 0 Å². The lowest BCUT2D eigenvalue weighted by molar-refractivity contribution is -0.870. The standard InChI is InChI=1S/C83H165N2O6P/c1-6-8-10-12-14-16-18-20-22-24-26-28-30-32-34-36-38-39-40-41-42-43-44-45-47-49-51-53-55-57-59-61-63-65-67-69-71-73-75-77-83(87)84-81(80-91-92(88,89)90-79-78-85(3,4)5)82(86)76-74-72-70-68-66-64-62-60-58-56-54-52-50-48-46-37-35-33-31-29-27-25-23-21-19-17-15-13-11-9-7-2/h66,68,74,76,81-82,86H,6-65,67,69-73,75,77-80H2,1-5H3,(H-,84,87,88,89)/p+1/b68-66+,76-74+. The van der Waals surface area contributed by atoms with Crippen LogP contribution in [0, 0.1) is 0 Å². The summed E-state index contributed by atoms with van der Waals surface area (Å²) < 4.78 is 23.9. The SMILES string of the molecule is CCCCCCCCCCCCCCCCCCCCCCCCCCC/C=C/CC/C=C/C(O)C(COP(=O)(O)OCC[N+](C)(C)C)NC(=O)CCCCCCCCCCCCCCCCCCCCCCCCCCCCCCCCCCCCCCCCC. The van der Waals surface area contributed by atoms with Gasteiger partial charge in [-0.05, 0) is 32.1 Å². The third kappa shape index (κ3) is 76.3. The van der Waals surface area contributed by atoms with Crippen LogP contribution in [0.2, 0.25) is 0 Å². The second kappa shape index (κ2) is 74.2. The van der Waals surface area contributed by atoms with E-state index in [-0.39, 0.29) is 19.1 Å². The Labute approximate surface area is 576 Å². The van der Waals surface area contributed by atoms with Crippen LogP contribution in [0.5, 0.6) is 0 Å². The fourth-order valence-electron chi connectivity index (χ4n) is 13.2. The molecule has 92 heavy (non-hydrogen) atoms.